The quantitative estimate of drug-likeness (QED) is 0.718. The van der Waals surface area contributed by atoms with Crippen molar-refractivity contribution < 1.29 is 15.0 Å². The summed E-state index contributed by atoms with van der Waals surface area (Å²) in [7, 11) is 0. The van der Waals surface area contributed by atoms with Crippen LogP contribution in [0.3, 0.4) is 0 Å². The van der Waals surface area contributed by atoms with E-state index in [0.29, 0.717) is 17.4 Å². The van der Waals surface area contributed by atoms with Crippen LogP contribution in [0.5, 0.6) is 0 Å². The van der Waals surface area contributed by atoms with Gasteiger partial charge in [-0.05, 0) is 40.5 Å². The zero-order chi connectivity index (χ0) is 11.3. The zero-order valence-electron chi connectivity index (χ0n) is 8.03. The lowest BCUT2D eigenvalue weighted by Crippen LogP contribution is -2.04. The first kappa shape index (κ1) is 12.0. The van der Waals surface area contributed by atoms with E-state index in [1.54, 1.807) is 12.1 Å². The fourth-order valence-corrected chi connectivity index (χ4v) is 1.66. The zero-order valence-corrected chi connectivity index (χ0v) is 9.62. The van der Waals surface area contributed by atoms with Crippen molar-refractivity contribution in [3.63, 3.8) is 0 Å². The van der Waals surface area contributed by atoms with Crippen LogP contribution in [0, 0.1) is 0 Å². The molecule has 0 amide bonds. The van der Waals surface area contributed by atoms with Crippen LogP contribution in [-0.2, 0) is 0 Å². The number of carbonyl (C=O) groups is 1. The number of carboxylic acid groups (broad SMARTS) is 1. The van der Waals surface area contributed by atoms with Gasteiger partial charge in [-0.15, -0.1) is 0 Å². The first-order chi connectivity index (χ1) is 7.15. The number of carboxylic acids is 1. The lowest BCUT2D eigenvalue weighted by molar-refractivity contribution is 0.0696. The molecular formula is C10H12BrNO3. The van der Waals surface area contributed by atoms with Crippen molar-refractivity contribution in [2.75, 3.05) is 18.5 Å². The highest BCUT2D eigenvalue weighted by Crippen LogP contribution is 2.21. The second-order valence-electron chi connectivity index (χ2n) is 3.00. The second kappa shape index (κ2) is 5.72. The minimum atomic E-state index is -0.955. The fraction of sp³-hybridized carbons (Fsp3) is 0.300. The van der Waals surface area contributed by atoms with Crippen LogP contribution in [-0.4, -0.2) is 29.3 Å². The fourth-order valence-electron chi connectivity index (χ4n) is 1.11. The minimum Gasteiger partial charge on any atom is -0.478 e. The number of halogens is 1. The van der Waals surface area contributed by atoms with Gasteiger partial charge in [0.25, 0.3) is 0 Å². The van der Waals surface area contributed by atoms with Gasteiger partial charge < -0.3 is 15.5 Å². The Kier molecular flexibility index (Phi) is 4.58. The number of rotatable bonds is 5. The molecule has 0 atom stereocenters. The standard InChI is InChI=1S/C10H12BrNO3/c11-9-6-7(12-4-1-5-13)2-3-8(9)10(14)15/h2-3,6,12-13H,1,4-5H2,(H,14,15). The number of hydrogen-bond donors (Lipinski definition) is 3. The van der Waals surface area contributed by atoms with E-state index in [2.05, 4.69) is 21.2 Å². The maximum atomic E-state index is 10.7. The van der Waals surface area contributed by atoms with Gasteiger partial charge in [0.2, 0.25) is 0 Å². The summed E-state index contributed by atoms with van der Waals surface area (Å²) in [6.07, 6.45) is 0.665. The van der Waals surface area contributed by atoms with Crippen LogP contribution in [0.25, 0.3) is 0 Å². The van der Waals surface area contributed by atoms with Gasteiger partial charge in [-0.25, -0.2) is 4.79 Å². The molecule has 0 spiro atoms. The third kappa shape index (κ3) is 3.53. The number of nitrogens with one attached hydrogen (secondary N) is 1. The Morgan fingerprint density at radius 1 is 1.47 bits per heavy atom. The molecule has 5 heteroatoms. The van der Waals surface area contributed by atoms with E-state index >= 15 is 0 Å². The molecule has 0 saturated heterocycles. The van der Waals surface area contributed by atoms with Crippen molar-refractivity contribution in [3.8, 4) is 0 Å². The Morgan fingerprint density at radius 3 is 2.73 bits per heavy atom. The molecule has 0 aliphatic rings. The van der Waals surface area contributed by atoms with Crippen LogP contribution in [0.1, 0.15) is 16.8 Å². The predicted molar refractivity (Wildman–Crippen MR) is 61.3 cm³/mol. The third-order valence-corrected chi connectivity index (χ3v) is 2.52. The molecule has 15 heavy (non-hydrogen) atoms. The van der Waals surface area contributed by atoms with Crippen LogP contribution in [0.15, 0.2) is 22.7 Å². The van der Waals surface area contributed by atoms with Crippen LogP contribution < -0.4 is 5.32 Å². The number of aromatic carboxylic acids is 1. The smallest absolute Gasteiger partial charge is 0.336 e. The van der Waals surface area contributed by atoms with Crippen molar-refractivity contribution in [1.29, 1.82) is 0 Å². The lowest BCUT2D eigenvalue weighted by atomic mass is 10.2. The maximum Gasteiger partial charge on any atom is 0.336 e. The first-order valence-corrected chi connectivity index (χ1v) is 5.32. The average molecular weight is 274 g/mol. The van der Waals surface area contributed by atoms with Gasteiger partial charge in [0.1, 0.15) is 0 Å². The average Bonchev–Trinajstić information content (AvgIpc) is 2.17. The van der Waals surface area contributed by atoms with Crippen LogP contribution >= 0.6 is 15.9 Å². The summed E-state index contributed by atoms with van der Waals surface area (Å²) < 4.78 is 0.545. The third-order valence-electron chi connectivity index (χ3n) is 1.86. The van der Waals surface area contributed by atoms with Crippen molar-refractivity contribution in [2.45, 2.75) is 6.42 Å². The molecule has 4 nitrogen and oxygen atoms in total. The van der Waals surface area contributed by atoms with Crippen molar-refractivity contribution in [2.24, 2.45) is 0 Å². The molecule has 3 N–H and O–H groups in total. The monoisotopic (exact) mass is 273 g/mol. The van der Waals surface area contributed by atoms with Gasteiger partial charge in [0.05, 0.1) is 5.56 Å². The molecule has 0 saturated carbocycles. The van der Waals surface area contributed by atoms with Gasteiger partial charge in [-0.1, -0.05) is 0 Å². The largest absolute Gasteiger partial charge is 0.478 e. The topological polar surface area (TPSA) is 69.6 Å². The van der Waals surface area contributed by atoms with Crippen molar-refractivity contribution >= 4 is 27.6 Å². The van der Waals surface area contributed by atoms with Gasteiger partial charge in [-0.2, -0.15) is 0 Å². The Hall–Kier alpha value is -1.07. The molecule has 0 radical (unpaired) electrons. The van der Waals surface area contributed by atoms with E-state index in [1.165, 1.54) is 6.07 Å². The van der Waals surface area contributed by atoms with E-state index in [1.807, 2.05) is 0 Å². The Labute approximate surface area is 96.1 Å². The molecule has 0 aromatic heterocycles. The van der Waals surface area contributed by atoms with Crippen molar-refractivity contribution in [1.82, 2.24) is 0 Å². The highest BCUT2D eigenvalue weighted by molar-refractivity contribution is 9.10. The molecule has 0 fully saturated rings. The maximum absolute atomic E-state index is 10.7. The van der Waals surface area contributed by atoms with E-state index in [0.717, 1.165) is 5.69 Å². The summed E-state index contributed by atoms with van der Waals surface area (Å²) in [6, 6.07) is 4.94. The summed E-state index contributed by atoms with van der Waals surface area (Å²) in [5.74, 6) is -0.955. The summed E-state index contributed by atoms with van der Waals surface area (Å²) in [5, 5.41) is 20.4. The highest BCUT2D eigenvalue weighted by Gasteiger charge is 2.07. The van der Waals surface area contributed by atoms with E-state index in [9.17, 15) is 4.79 Å². The van der Waals surface area contributed by atoms with Crippen LogP contribution in [0.2, 0.25) is 0 Å². The number of anilines is 1. The first-order valence-electron chi connectivity index (χ1n) is 4.52. The normalized spacial score (nSPS) is 10.0. The molecule has 0 aliphatic carbocycles. The molecule has 0 aliphatic heterocycles. The van der Waals surface area contributed by atoms with Crippen LogP contribution in [0.4, 0.5) is 5.69 Å². The van der Waals surface area contributed by atoms with Crippen molar-refractivity contribution in [3.05, 3.63) is 28.2 Å². The molecule has 1 aromatic carbocycles. The van der Waals surface area contributed by atoms with E-state index in [4.69, 9.17) is 10.2 Å². The molecule has 0 bridgehead atoms. The Balaban J connectivity index is 2.69. The second-order valence-corrected chi connectivity index (χ2v) is 3.86. The summed E-state index contributed by atoms with van der Waals surface area (Å²) in [6.45, 7) is 0.802. The van der Waals surface area contributed by atoms with E-state index in [-0.39, 0.29) is 12.2 Å². The lowest BCUT2D eigenvalue weighted by Gasteiger charge is -2.06. The number of aliphatic hydroxyl groups is 1. The molecule has 0 unspecified atom stereocenters. The van der Waals surface area contributed by atoms with Gasteiger partial charge >= 0.3 is 5.97 Å². The van der Waals surface area contributed by atoms with Gasteiger partial charge in [-0.3, -0.25) is 0 Å². The SMILES string of the molecule is O=C(O)c1ccc(NCCCO)cc1Br. The summed E-state index contributed by atoms with van der Waals surface area (Å²) in [5.41, 5.74) is 1.07. The van der Waals surface area contributed by atoms with E-state index < -0.39 is 5.97 Å². The Morgan fingerprint density at radius 2 is 2.20 bits per heavy atom. The highest BCUT2D eigenvalue weighted by atomic mass is 79.9. The molecule has 82 valence electrons. The Bertz CT molecular complexity index is 355. The molecule has 0 heterocycles. The summed E-state index contributed by atoms with van der Waals surface area (Å²) >= 11 is 3.19. The number of benzene rings is 1. The van der Waals surface area contributed by atoms with Gasteiger partial charge in [0.15, 0.2) is 0 Å². The minimum absolute atomic E-state index is 0.140. The number of aliphatic hydroxyl groups excluding tert-OH is 1. The summed E-state index contributed by atoms with van der Waals surface area (Å²) in [4.78, 5) is 10.7. The molecular weight excluding hydrogens is 262 g/mol. The molecule has 1 rings (SSSR count). The number of hydrogen-bond acceptors (Lipinski definition) is 3. The van der Waals surface area contributed by atoms with Gasteiger partial charge in [0, 0.05) is 23.3 Å². The molecule has 1 aromatic rings. The predicted octanol–water partition coefficient (Wildman–Crippen LogP) is 1.94.